The second kappa shape index (κ2) is 10.0. The van der Waals surface area contributed by atoms with E-state index in [9.17, 15) is 9.59 Å². The summed E-state index contributed by atoms with van der Waals surface area (Å²) in [6.07, 6.45) is 3.64. The molecule has 0 saturated carbocycles. The van der Waals surface area contributed by atoms with Gasteiger partial charge in [0, 0.05) is 12.2 Å². The maximum atomic E-state index is 13.2. The van der Waals surface area contributed by atoms with Gasteiger partial charge >= 0.3 is 0 Å². The average molecular weight is 412 g/mol. The number of benzene rings is 2. The Morgan fingerprint density at radius 2 is 1.87 bits per heavy atom. The lowest BCUT2D eigenvalue weighted by atomic mass is 10.1. The number of nitrogen functional groups attached to an aromatic ring is 1. The van der Waals surface area contributed by atoms with Gasteiger partial charge in [-0.3, -0.25) is 9.59 Å². The molecule has 0 unspecified atom stereocenters. The lowest BCUT2D eigenvalue weighted by Crippen LogP contribution is -2.36. The maximum absolute atomic E-state index is 13.2. The molecule has 30 heavy (non-hydrogen) atoms. The van der Waals surface area contributed by atoms with E-state index < -0.39 is 0 Å². The number of ether oxygens (including phenoxy) is 2. The molecule has 0 aromatic heterocycles. The van der Waals surface area contributed by atoms with Crippen molar-refractivity contribution in [1.29, 1.82) is 0 Å². The third-order valence-electron chi connectivity index (χ3n) is 5.10. The number of hydrogen-bond acceptors (Lipinski definition) is 5. The largest absolute Gasteiger partial charge is 0.493 e. The molecule has 7 heteroatoms. The van der Waals surface area contributed by atoms with Crippen molar-refractivity contribution in [2.45, 2.75) is 32.6 Å². The van der Waals surface area contributed by atoms with E-state index in [-0.39, 0.29) is 18.4 Å². The van der Waals surface area contributed by atoms with E-state index in [2.05, 4.69) is 12.2 Å². The predicted molar refractivity (Wildman–Crippen MR) is 117 cm³/mol. The van der Waals surface area contributed by atoms with Crippen molar-refractivity contribution in [3.8, 4) is 11.5 Å². The Morgan fingerprint density at radius 1 is 1.10 bits per heavy atom. The number of anilines is 2. The Kier molecular flexibility index (Phi) is 7.17. The molecule has 1 aliphatic heterocycles. The minimum absolute atomic E-state index is 0.0138. The fourth-order valence-electron chi connectivity index (χ4n) is 3.42. The standard InChI is InChI=1S/C23H29N3O4/c1-3-4-5-14-30-22-19(29-2)11-10-18-21(22)25-20(27)15-26(23(18)28)13-12-16-6-8-17(24)9-7-16/h6-11H,3-5,12-15,24H2,1-2H3,(H,25,27). The second-order valence-electron chi connectivity index (χ2n) is 7.34. The zero-order valence-electron chi connectivity index (χ0n) is 17.6. The highest BCUT2D eigenvalue weighted by atomic mass is 16.5. The molecule has 0 bridgehead atoms. The second-order valence-corrected chi connectivity index (χ2v) is 7.34. The van der Waals surface area contributed by atoms with Crippen LogP contribution in [0.4, 0.5) is 11.4 Å². The number of carbonyl (C=O) groups excluding carboxylic acids is 2. The minimum atomic E-state index is -0.258. The highest BCUT2D eigenvalue weighted by molar-refractivity contribution is 6.10. The smallest absolute Gasteiger partial charge is 0.256 e. The Hall–Kier alpha value is -3.22. The molecule has 2 aromatic rings. The first-order chi connectivity index (χ1) is 14.5. The van der Waals surface area contributed by atoms with Crippen molar-refractivity contribution in [2.75, 3.05) is 37.9 Å². The molecular weight excluding hydrogens is 382 g/mol. The molecule has 0 spiro atoms. The van der Waals surface area contributed by atoms with Crippen molar-refractivity contribution in [3.63, 3.8) is 0 Å². The third kappa shape index (κ3) is 5.03. The van der Waals surface area contributed by atoms with E-state index in [1.807, 2.05) is 24.3 Å². The molecule has 0 radical (unpaired) electrons. The van der Waals surface area contributed by atoms with Gasteiger partial charge in [-0.05, 0) is 42.7 Å². The molecule has 0 saturated heterocycles. The fourth-order valence-corrected chi connectivity index (χ4v) is 3.42. The van der Waals surface area contributed by atoms with Crippen molar-refractivity contribution in [1.82, 2.24) is 4.90 Å². The Labute approximate surface area is 177 Å². The normalized spacial score (nSPS) is 13.5. The molecular formula is C23H29N3O4. The molecule has 3 rings (SSSR count). The number of nitrogens with two attached hydrogens (primary N) is 1. The Bertz CT molecular complexity index is 896. The maximum Gasteiger partial charge on any atom is 0.256 e. The Balaban J connectivity index is 1.82. The molecule has 1 heterocycles. The van der Waals surface area contributed by atoms with Gasteiger partial charge < -0.3 is 25.4 Å². The van der Waals surface area contributed by atoms with Gasteiger partial charge in [0.05, 0.1) is 19.3 Å². The molecule has 160 valence electrons. The van der Waals surface area contributed by atoms with E-state index in [0.717, 1.165) is 24.8 Å². The van der Waals surface area contributed by atoms with Crippen LogP contribution in [0, 0.1) is 0 Å². The first kappa shape index (κ1) is 21.5. The van der Waals surface area contributed by atoms with Crippen LogP contribution in [0.1, 0.15) is 42.1 Å². The summed E-state index contributed by atoms with van der Waals surface area (Å²) in [4.78, 5) is 27.3. The minimum Gasteiger partial charge on any atom is -0.493 e. The van der Waals surface area contributed by atoms with E-state index in [0.29, 0.717) is 48.0 Å². The van der Waals surface area contributed by atoms with Crippen molar-refractivity contribution < 1.29 is 19.1 Å². The van der Waals surface area contributed by atoms with Crippen molar-refractivity contribution >= 4 is 23.2 Å². The van der Waals surface area contributed by atoms with Crippen LogP contribution in [0.25, 0.3) is 0 Å². The van der Waals surface area contributed by atoms with E-state index in [4.69, 9.17) is 15.2 Å². The van der Waals surface area contributed by atoms with E-state index in [1.165, 1.54) is 0 Å². The number of hydrogen-bond donors (Lipinski definition) is 2. The zero-order chi connectivity index (χ0) is 21.5. The third-order valence-corrected chi connectivity index (χ3v) is 5.10. The first-order valence-electron chi connectivity index (χ1n) is 10.3. The summed E-state index contributed by atoms with van der Waals surface area (Å²) in [5.74, 6) is 0.438. The van der Waals surface area contributed by atoms with Crippen LogP contribution in [-0.4, -0.2) is 43.5 Å². The molecule has 0 fully saturated rings. The lowest BCUT2D eigenvalue weighted by Gasteiger charge is -2.20. The number of carbonyl (C=O) groups is 2. The van der Waals surface area contributed by atoms with Gasteiger partial charge in [-0.15, -0.1) is 0 Å². The molecule has 0 atom stereocenters. The first-order valence-corrected chi connectivity index (χ1v) is 10.3. The van der Waals surface area contributed by atoms with Crippen LogP contribution in [0.15, 0.2) is 36.4 Å². The van der Waals surface area contributed by atoms with Crippen LogP contribution in [0.3, 0.4) is 0 Å². The summed E-state index contributed by atoms with van der Waals surface area (Å²) in [6.45, 7) is 3.02. The summed E-state index contributed by atoms with van der Waals surface area (Å²) in [7, 11) is 1.54. The summed E-state index contributed by atoms with van der Waals surface area (Å²) < 4.78 is 11.3. The molecule has 2 aromatic carbocycles. The summed E-state index contributed by atoms with van der Waals surface area (Å²) in [5.41, 5.74) is 8.27. The molecule has 0 aliphatic carbocycles. The van der Waals surface area contributed by atoms with Crippen LogP contribution < -0.4 is 20.5 Å². The molecule has 1 aliphatic rings. The summed E-state index contributed by atoms with van der Waals surface area (Å²) in [6, 6.07) is 10.9. The molecule has 7 nitrogen and oxygen atoms in total. The van der Waals surface area contributed by atoms with Crippen LogP contribution >= 0.6 is 0 Å². The molecule has 2 amide bonds. The summed E-state index contributed by atoms with van der Waals surface area (Å²) >= 11 is 0. The summed E-state index contributed by atoms with van der Waals surface area (Å²) in [5, 5.41) is 2.85. The number of nitrogens with one attached hydrogen (secondary N) is 1. The van der Waals surface area contributed by atoms with Crippen LogP contribution in [0.5, 0.6) is 11.5 Å². The highest BCUT2D eigenvalue weighted by Crippen LogP contribution is 2.39. The van der Waals surface area contributed by atoms with Crippen LogP contribution in [-0.2, 0) is 11.2 Å². The SMILES string of the molecule is CCCCCOc1c(OC)ccc2c1NC(=O)CN(CCc1ccc(N)cc1)C2=O. The monoisotopic (exact) mass is 411 g/mol. The lowest BCUT2D eigenvalue weighted by molar-refractivity contribution is -0.116. The van der Waals surface area contributed by atoms with Crippen LogP contribution in [0.2, 0.25) is 0 Å². The van der Waals surface area contributed by atoms with Gasteiger partial charge in [0.25, 0.3) is 5.91 Å². The number of fused-ring (bicyclic) bond motifs is 1. The number of nitrogens with zero attached hydrogens (tertiary/aromatic N) is 1. The number of rotatable bonds is 9. The van der Waals surface area contributed by atoms with Crippen molar-refractivity contribution in [2.24, 2.45) is 0 Å². The van der Waals surface area contributed by atoms with E-state index >= 15 is 0 Å². The van der Waals surface area contributed by atoms with Crippen molar-refractivity contribution in [3.05, 3.63) is 47.5 Å². The van der Waals surface area contributed by atoms with Gasteiger partial charge in [0.15, 0.2) is 11.5 Å². The van der Waals surface area contributed by atoms with Gasteiger partial charge in [-0.25, -0.2) is 0 Å². The van der Waals surface area contributed by atoms with E-state index in [1.54, 1.807) is 24.1 Å². The predicted octanol–water partition coefficient (Wildman–Crippen LogP) is 3.48. The van der Waals surface area contributed by atoms with Gasteiger partial charge in [-0.2, -0.15) is 0 Å². The fraction of sp³-hybridized carbons (Fsp3) is 0.391. The highest BCUT2D eigenvalue weighted by Gasteiger charge is 2.30. The average Bonchev–Trinajstić information content (AvgIpc) is 2.86. The number of methoxy groups -OCH3 is 1. The zero-order valence-corrected chi connectivity index (χ0v) is 17.6. The van der Waals surface area contributed by atoms with Gasteiger partial charge in [0.1, 0.15) is 12.2 Å². The quantitative estimate of drug-likeness (QED) is 0.487. The number of unbranched alkanes of at least 4 members (excludes halogenated alkanes) is 2. The van der Waals surface area contributed by atoms with Gasteiger partial charge in [0.2, 0.25) is 5.91 Å². The topological polar surface area (TPSA) is 93.9 Å². The van der Waals surface area contributed by atoms with Gasteiger partial charge in [-0.1, -0.05) is 31.9 Å². The molecule has 3 N–H and O–H groups in total. The Morgan fingerprint density at radius 3 is 2.57 bits per heavy atom. The number of amides is 2.